The molecule has 2 nitrogen and oxygen atoms in total. The highest BCUT2D eigenvalue weighted by Gasteiger charge is 2.06. The number of pyridine rings is 1. The summed E-state index contributed by atoms with van der Waals surface area (Å²) in [5.41, 5.74) is 1.05. The highest BCUT2D eigenvalue weighted by molar-refractivity contribution is 7.98. The molecule has 0 fully saturated rings. The molecular weight excluding hydrogens is 228 g/mol. The van der Waals surface area contributed by atoms with Crippen molar-refractivity contribution in [3.05, 3.63) is 36.4 Å². The number of rotatable bonds is 5. The highest BCUT2D eigenvalue weighted by atomic mass is 32.2. The molecule has 2 aromatic rings. The molecule has 0 radical (unpaired) electrons. The molecule has 1 atom stereocenters. The van der Waals surface area contributed by atoms with E-state index in [0.29, 0.717) is 6.04 Å². The Morgan fingerprint density at radius 2 is 2.06 bits per heavy atom. The SMILES string of the molecule is CCC(CSC)Nc1ccc2ccccc2n1. The first-order chi connectivity index (χ1) is 8.33. The van der Waals surface area contributed by atoms with Crippen molar-refractivity contribution >= 4 is 28.5 Å². The largest absolute Gasteiger partial charge is 0.367 e. The van der Waals surface area contributed by atoms with Crippen LogP contribution < -0.4 is 5.32 Å². The van der Waals surface area contributed by atoms with Crippen molar-refractivity contribution in [1.82, 2.24) is 4.98 Å². The number of para-hydroxylation sites is 1. The van der Waals surface area contributed by atoms with Gasteiger partial charge in [0.25, 0.3) is 0 Å². The summed E-state index contributed by atoms with van der Waals surface area (Å²) >= 11 is 1.87. The monoisotopic (exact) mass is 246 g/mol. The van der Waals surface area contributed by atoms with Crippen molar-refractivity contribution in [2.45, 2.75) is 19.4 Å². The van der Waals surface area contributed by atoms with Crippen LogP contribution in [0.1, 0.15) is 13.3 Å². The van der Waals surface area contributed by atoms with E-state index in [2.05, 4.69) is 47.7 Å². The lowest BCUT2D eigenvalue weighted by atomic mass is 10.2. The topological polar surface area (TPSA) is 24.9 Å². The summed E-state index contributed by atoms with van der Waals surface area (Å²) in [4.78, 5) is 4.62. The fraction of sp³-hybridized carbons (Fsp3) is 0.357. The molecule has 1 aromatic heterocycles. The van der Waals surface area contributed by atoms with Gasteiger partial charge in [0.2, 0.25) is 0 Å². The Balaban J connectivity index is 2.18. The molecule has 0 spiro atoms. The van der Waals surface area contributed by atoms with Crippen molar-refractivity contribution in [3.8, 4) is 0 Å². The van der Waals surface area contributed by atoms with Crippen molar-refractivity contribution in [3.63, 3.8) is 0 Å². The van der Waals surface area contributed by atoms with Crippen LogP contribution in [-0.2, 0) is 0 Å². The Labute approximate surface area is 107 Å². The lowest BCUT2D eigenvalue weighted by Gasteiger charge is -2.16. The van der Waals surface area contributed by atoms with Gasteiger partial charge in [0, 0.05) is 17.2 Å². The number of nitrogens with one attached hydrogen (secondary N) is 1. The zero-order valence-corrected chi connectivity index (χ0v) is 11.1. The van der Waals surface area contributed by atoms with Crippen LogP contribution in [0.15, 0.2) is 36.4 Å². The molecule has 0 aliphatic carbocycles. The molecule has 2 rings (SSSR count). The van der Waals surface area contributed by atoms with Crippen LogP contribution in [0.25, 0.3) is 10.9 Å². The third kappa shape index (κ3) is 3.13. The van der Waals surface area contributed by atoms with Crippen molar-refractivity contribution in [2.24, 2.45) is 0 Å². The second-order valence-corrected chi connectivity index (χ2v) is 5.00. The minimum Gasteiger partial charge on any atom is -0.367 e. The molecule has 0 saturated carbocycles. The van der Waals surface area contributed by atoms with Crippen LogP contribution in [0.5, 0.6) is 0 Å². The third-order valence-electron chi connectivity index (χ3n) is 2.81. The van der Waals surface area contributed by atoms with E-state index in [-0.39, 0.29) is 0 Å². The Morgan fingerprint density at radius 3 is 2.82 bits per heavy atom. The normalized spacial score (nSPS) is 12.6. The number of fused-ring (bicyclic) bond motifs is 1. The van der Waals surface area contributed by atoms with Gasteiger partial charge >= 0.3 is 0 Å². The van der Waals surface area contributed by atoms with E-state index in [0.717, 1.165) is 23.5 Å². The minimum atomic E-state index is 0.499. The summed E-state index contributed by atoms with van der Waals surface area (Å²) in [6, 6.07) is 12.9. The predicted molar refractivity (Wildman–Crippen MR) is 77.8 cm³/mol. The van der Waals surface area contributed by atoms with Gasteiger partial charge in [0.05, 0.1) is 5.52 Å². The van der Waals surface area contributed by atoms with E-state index in [1.807, 2.05) is 23.9 Å². The smallest absolute Gasteiger partial charge is 0.126 e. The first-order valence-corrected chi connectivity index (χ1v) is 7.34. The fourth-order valence-corrected chi connectivity index (χ4v) is 2.54. The summed E-state index contributed by atoms with van der Waals surface area (Å²) < 4.78 is 0. The van der Waals surface area contributed by atoms with Crippen LogP contribution in [0, 0.1) is 0 Å². The summed E-state index contributed by atoms with van der Waals surface area (Å²) in [7, 11) is 0. The molecule has 0 aliphatic rings. The molecule has 1 aromatic carbocycles. The molecule has 1 heterocycles. The molecular formula is C14H18N2S. The molecule has 1 N–H and O–H groups in total. The number of nitrogens with zero attached hydrogens (tertiary/aromatic N) is 1. The summed E-state index contributed by atoms with van der Waals surface area (Å²) in [6.07, 6.45) is 3.26. The maximum atomic E-state index is 4.62. The summed E-state index contributed by atoms with van der Waals surface area (Å²) in [5, 5.41) is 4.68. The van der Waals surface area contributed by atoms with E-state index in [4.69, 9.17) is 0 Å². The van der Waals surface area contributed by atoms with E-state index in [1.165, 1.54) is 5.39 Å². The Hall–Kier alpha value is -1.22. The maximum Gasteiger partial charge on any atom is 0.126 e. The molecule has 0 amide bonds. The van der Waals surface area contributed by atoms with Crippen LogP contribution in [0.4, 0.5) is 5.82 Å². The van der Waals surface area contributed by atoms with Crippen LogP contribution in [0.3, 0.4) is 0 Å². The number of thioether (sulfide) groups is 1. The number of benzene rings is 1. The van der Waals surface area contributed by atoms with E-state index in [1.54, 1.807) is 0 Å². The van der Waals surface area contributed by atoms with Gasteiger partial charge in [-0.1, -0.05) is 25.1 Å². The second kappa shape index (κ2) is 5.92. The standard InChI is InChI=1S/C14H18N2S/c1-3-12(10-17-2)15-14-9-8-11-6-4-5-7-13(11)16-14/h4-9,12H,3,10H2,1-2H3,(H,15,16). The van der Waals surface area contributed by atoms with Gasteiger partial charge in [-0.3, -0.25) is 0 Å². The second-order valence-electron chi connectivity index (χ2n) is 4.09. The highest BCUT2D eigenvalue weighted by Crippen LogP contribution is 2.16. The van der Waals surface area contributed by atoms with E-state index in [9.17, 15) is 0 Å². The average molecular weight is 246 g/mol. The summed E-state index contributed by atoms with van der Waals surface area (Å²) in [5.74, 6) is 2.09. The number of anilines is 1. The zero-order chi connectivity index (χ0) is 12.1. The molecule has 0 aliphatic heterocycles. The van der Waals surface area contributed by atoms with E-state index >= 15 is 0 Å². The zero-order valence-electron chi connectivity index (χ0n) is 10.3. The lowest BCUT2D eigenvalue weighted by molar-refractivity contribution is 0.771. The van der Waals surface area contributed by atoms with Gasteiger partial charge in [-0.15, -0.1) is 0 Å². The lowest BCUT2D eigenvalue weighted by Crippen LogP contribution is -2.21. The van der Waals surface area contributed by atoms with E-state index < -0.39 is 0 Å². The fourth-order valence-electron chi connectivity index (χ4n) is 1.82. The summed E-state index contributed by atoms with van der Waals surface area (Å²) in [6.45, 7) is 2.20. The molecule has 0 saturated heterocycles. The first-order valence-electron chi connectivity index (χ1n) is 5.94. The average Bonchev–Trinajstić information content (AvgIpc) is 2.38. The quantitative estimate of drug-likeness (QED) is 0.869. The number of hydrogen-bond acceptors (Lipinski definition) is 3. The Bertz CT molecular complexity index is 484. The predicted octanol–water partition coefficient (Wildman–Crippen LogP) is 3.79. The Morgan fingerprint density at radius 1 is 1.24 bits per heavy atom. The van der Waals surface area contributed by atoms with Gasteiger partial charge in [0.1, 0.15) is 5.82 Å². The molecule has 90 valence electrons. The minimum absolute atomic E-state index is 0.499. The van der Waals surface area contributed by atoms with Gasteiger partial charge in [-0.2, -0.15) is 11.8 Å². The molecule has 3 heteroatoms. The van der Waals surface area contributed by atoms with Gasteiger partial charge < -0.3 is 5.32 Å². The van der Waals surface area contributed by atoms with Crippen molar-refractivity contribution in [2.75, 3.05) is 17.3 Å². The molecule has 0 bridgehead atoms. The van der Waals surface area contributed by atoms with Gasteiger partial charge in [0.15, 0.2) is 0 Å². The van der Waals surface area contributed by atoms with Gasteiger partial charge in [-0.05, 0) is 30.9 Å². The van der Waals surface area contributed by atoms with Crippen molar-refractivity contribution in [1.29, 1.82) is 0 Å². The van der Waals surface area contributed by atoms with Crippen molar-refractivity contribution < 1.29 is 0 Å². The van der Waals surface area contributed by atoms with Crippen LogP contribution >= 0.6 is 11.8 Å². The van der Waals surface area contributed by atoms with Crippen LogP contribution in [-0.4, -0.2) is 23.0 Å². The third-order valence-corrected chi connectivity index (χ3v) is 3.55. The number of aromatic nitrogens is 1. The molecule has 1 unspecified atom stereocenters. The molecule has 17 heavy (non-hydrogen) atoms. The number of hydrogen-bond donors (Lipinski definition) is 1. The first kappa shape index (κ1) is 12.2. The Kier molecular flexibility index (Phi) is 4.26. The van der Waals surface area contributed by atoms with Gasteiger partial charge in [-0.25, -0.2) is 4.98 Å². The maximum absolute atomic E-state index is 4.62. The van der Waals surface area contributed by atoms with Crippen LogP contribution in [0.2, 0.25) is 0 Å².